The van der Waals surface area contributed by atoms with Gasteiger partial charge in [-0.15, -0.1) is 0 Å². The van der Waals surface area contributed by atoms with Crippen LogP contribution in [0.2, 0.25) is 0 Å². The van der Waals surface area contributed by atoms with Crippen molar-refractivity contribution in [1.29, 1.82) is 0 Å². The molecule has 0 saturated carbocycles. The molecule has 12 heavy (non-hydrogen) atoms. The molecule has 0 saturated heterocycles. The van der Waals surface area contributed by atoms with Crippen LogP contribution in [-0.2, 0) is 0 Å². The molecular formula is C6H4F6. The number of hydrogen-bond acceptors (Lipinski definition) is 0. The zero-order chi connectivity index (χ0) is 9.73. The van der Waals surface area contributed by atoms with Crippen molar-refractivity contribution in [1.82, 2.24) is 0 Å². The third-order valence-corrected chi connectivity index (χ3v) is 1.64. The maximum absolute atomic E-state index is 12.2. The van der Waals surface area contributed by atoms with Crippen LogP contribution in [-0.4, -0.2) is 18.0 Å². The summed E-state index contributed by atoms with van der Waals surface area (Å²) in [6.07, 6.45) is -2.39. The van der Waals surface area contributed by atoms with E-state index in [1.54, 1.807) is 0 Å². The average Bonchev–Trinajstić information content (AvgIpc) is 1.85. The highest BCUT2D eigenvalue weighted by Crippen LogP contribution is 2.57. The van der Waals surface area contributed by atoms with Gasteiger partial charge in [0.15, 0.2) is 5.83 Å². The Morgan fingerprint density at radius 2 is 1.50 bits per heavy atom. The van der Waals surface area contributed by atoms with Crippen molar-refractivity contribution in [2.24, 2.45) is 0 Å². The summed E-state index contributed by atoms with van der Waals surface area (Å²) in [5.41, 5.74) is -1.74. The summed E-state index contributed by atoms with van der Waals surface area (Å²) in [5, 5.41) is 0. The van der Waals surface area contributed by atoms with Gasteiger partial charge in [0, 0.05) is 0 Å². The third kappa shape index (κ3) is 0.804. The summed E-state index contributed by atoms with van der Waals surface area (Å²) < 4.78 is 72.6. The molecule has 0 aliphatic heterocycles. The summed E-state index contributed by atoms with van der Waals surface area (Å²) >= 11 is 0. The highest BCUT2D eigenvalue weighted by molar-refractivity contribution is 5.41. The molecule has 0 nitrogen and oxygen atoms in total. The predicted octanol–water partition coefficient (Wildman–Crippen LogP) is 2.85. The minimum Gasteiger partial charge on any atom is -0.243 e. The van der Waals surface area contributed by atoms with Crippen LogP contribution in [0.25, 0.3) is 0 Å². The second-order valence-corrected chi connectivity index (χ2v) is 2.49. The lowest BCUT2D eigenvalue weighted by molar-refractivity contribution is -0.209. The molecule has 0 aromatic rings. The van der Waals surface area contributed by atoms with Gasteiger partial charge < -0.3 is 0 Å². The number of alkyl halides is 5. The SMILES string of the molecule is CC(F)C1=C(F)C(F)(F)C1(F)F. The van der Waals surface area contributed by atoms with E-state index in [9.17, 15) is 26.3 Å². The molecule has 0 heterocycles. The Morgan fingerprint density at radius 3 is 1.67 bits per heavy atom. The lowest BCUT2D eigenvalue weighted by Gasteiger charge is -2.37. The first-order chi connectivity index (χ1) is 5.23. The molecule has 0 fully saturated rings. The minimum atomic E-state index is -4.83. The second kappa shape index (κ2) is 2.17. The highest BCUT2D eigenvalue weighted by atomic mass is 19.3. The molecule has 0 bridgehead atoms. The molecule has 1 rings (SSSR count). The summed E-state index contributed by atoms with van der Waals surface area (Å²) in [5.74, 6) is -11.9. The van der Waals surface area contributed by atoms with E-state index in [0.717, 1.165) is 0 Å². The second-order valence-electron chi connectivity index (χ2n) is 2.49. The Kier molecular flexibility index (Phi) is 1.70. The van der Waals surface area contributed by atoms with Crippen LogP contribution in [0.1, 0.15) is 6.92 Å². The summed E-state index contributed by atoms with van der Waals surface area (Å²) in [6.45, 7) is 0.581. The fraction of sp³-hybridized carbons (Fsp3) is 0.667. The van der Waals surface area contributed by atoms with Crippen molar-refractivity contribution >= 4 is 0 Å². The lowest BCUT2D eigenvalue weighted by atomic mass is 9.85. The molecule has 0 spiro atoms. The van der Waals surface area contributed by atoms with Gasteiger partial charge in [-0.2, -0.15) is 17.6 Å². The van der Waals surface area contributed by atoms with Gasteiger partial charge in [0.05, 0.1) is 5.57 Å². The third-order valence-electron chi connectivity index (χ3n) is 1.64. The maximum Gasteiger partial charge on any atom is 0.365 e. The van der Waals surface area contributed by atoms with Crippen molar-refractivity contribution in [3.05, 3.63) is 11.4 Å². The quantitative estimate of drug-likeness (QED) is 0.557. The summed E-state index contributed by atoms with van der Waals surface area (Å²) in [6, 6.07) is 0. The zero-order valence-corrected chi connectivity index (χ0v) is 5.85. The van der Waals surface area contributed by atoms with E-state index in [1.807, 2.05) is 0 Å². The summed E-state index contributed by atoms with van der Waals surface area (Å²) in [7, 11) is 0. The van der Waals surface area contributed by atoms with Crippen LogP contribution in [0.15, 0.2) is 11.4 Å². The van der Waals surface area contributed by atoms with Gasteiger partial charge in [0.25, 0.3) is 0 Å². The Morgan fingerprint density at radius 1 is 1.08 bits per heavy atom. The number of hydrogen-bond donors (Lipinski definition) is 0. The van der Waals surface area contributed by atoms with Gasteiger partial charge in [-0.05, 0) is 6.92 Å². The number of halogens is 6. The standard InChI is InChI=1S/C6H4F6/c1-2(7)3-4(8)6(11,12)5(3,9)10/h2H,1H3. The van der Waals surface area contributed by atoms with Crippen LogP contribution < -0.4 is 0 Å². The van der Waals surface area contributed by atoms with Gasteiger partial charge in [0.2, 0.25) is 0 Å². The monoisotopic (exact) mass is 190 g/mol. The Labute approximate surface area is 63.9 Å². The van der Waals surface area contributed by atoms with Gasteiger partial charge in [-0.3, -0.25) is 0 Å². The number of allylic oxidation sites excluding steroid dienone is 2. The molecule has 1 unspecified atom stereocenters. The molecule has 0 amide bonds. The molecule has 1 aliphatic rings. The number of rotatable bonds is 1. The molecule has 70 valence electrons. The molecule has 1 aliphatic carbocycles. The normalized spacial score (nSPS) is 28.2. The maximum atomic E-state index is 12.2. The van der Waals surface area contributed by atoms with E-state index >= 15 is 0 Å². The molecule has 0 N–H and O–H groups in total. The predicted molar refractivity (Wildman–Crippen MR) is 28.6 cm³/mol. The topological polar surface area (TPSA) is 0 Å². The fourth-order valence-electron chi connectivity index (χ4n) is 0.976. The average molecular weight is 190 g/mol. The largest absolute Gasteiger partial charge is 0.365 e. The molecule has 0 radical (unpaired) electrons. The van der Waals surface area contributed by atoms with Crippen LogP contribution >= 0.6 is 0 Å². The Bertz CT molecular complexity index is 238. The van der Waals surface area contributed by atoms with Gasteiger partial charge in [0.1, 0.15) is 6.17 Å². The van der Waals surface area contributed by atoms with Gasteiger partial charge in [-0.25, -0.2) is 8.78 Å². The summed E-state index contributed by atoms with van der Waals surface area (Å²) in [4.78, 5) is 0. The van der Waals surface area contributed by atoms with E-state index in [2.05, 4.69) is 0 Å². The van der Waals surface area contributed by atoms with Crippen LogP contribution in [0.5, 0.6) is 0 Å². The first-order valence-electron chi connectivity index (χ1n) is 3.03. The Hall–Kier alpha value is -0.680. The first-order valence-corrected chi connectivity index (χ1v) is 3.03. The van der Waals surface area contributed by atoms with Crippen molar-refractivity contribution in [2.75, 3.05) is 0 Å². The first kappa shape index (κ1) is 9.41. The van der Waals surface area contributed by atoms with E-state index in [0.29, 0.717) is 6.92 Å². The van der Waals surface area contributed by atoms with Crippen molar-refractivity contribution < 1.29 is 26.3 Å². The molecular weight excluding hydrogens is 186 g/mol. The van der Waals surface area contributed by atoms with E-state index in [-0.39, 0.29) is 0 Å². The molecule has 0 aromatic carbocycles. The van der Waals surface area contributed by atoms with Gasteiger partial charge >= 0.3 is 11.8 Å². The van der Waals surface area contributed by atoms with Crippen LogP contribution in [0.3, 0.4) is 0 Å². The van der Waals surface area contributed by atoms with Gasteiger partial charge in [-0.1, -0.05) is 0 Å². The highest BCUT2D eigenvalue weighted by Gasteiger charge is 2.73. The van der Waals surface area contributed by atoms with Crippen LogP contribution in [0.4, 0.5) is 26.3 Å². The van der Waals surface area contributed by atoms with Crippen molar-refractivity contribution in [2.45, 2.75) is 24.9 Å². The molecule has 6 heteroatoms. The van der Waals surface area contributed by atoms with E-state index in [1.165, 1.54) is 0 Å². The minimum absolute atomic E-state index is 0.581. The zero-order valence-electron chi connectivity index (χ0n) is 5.85. The van der Waals surface area contributed by atoms with E-state index in [4.69, 9.17) is 0 Å². The fourth-order valence-corrected chi connectivity index (χ4v) is 0.976. The van der Waals surface area contributed by atoms with E-state index < -0.39 is 29.4 Å². The van der Waals surface area contributed by atoms with Crippen molar-refractivity contribution in [3.63, 3.8) is 0 Å². The molecule has 0 aromatic heterocycles. The molecule has 1 atom stereocenters. The lowest BCUT2D eigenvalue weighted by Crippen LogP contribution is -2.54. The van der Waals surface area contributed by atoms with Crippen molar-refractivity contribution in [3.8, 4) is 0 Å². The Balaban J connectivity index is 3.12. The van der Waals surface area contributed by atoms with Crippen LogP contribution in [0, 0.1) is 0 Å². The smallest absolute Gasteiger partial charge is 0.243 e.